The molecule has 20 heavy (non-hydrogen) atoms. The number of aryl methyl sites for hydroxylation is 1. The molecule has 0 aromatic heterocycles. The molecule has 0 radical (unpaired) electrons. The first-order valence-electron chi connectivity index (χ1n) is 7.35. The Labute approximate surface area is 121 Å². The summed E-state index contributed by atoms with van der Waals surface area (Å²) >= 11 is 0. The van der Waals surface area contributed by atoms with Crippen molar-refractivity contribution in [3.63, 3.8) is 0 Å². The number of ether oxygens (including phenoxy) is 1. The fourth-order valence-electron chi connectivity index (χ4n) is 2.51. The lowest BCUT2D eigenvalue weighted by atomic mass is 10.0. The van der Waals surface area contributed by atoms with E-state index in [0.29, 0.717) is 0 Å². The van der Waals surface area contributed by atoms with Gasteiger partial charge in [-0.2, -0.15) is 5.26 Å². The highest BCUT2D eigenvalue weighted by atomic mass is 16.5. The summed E-state index contributed by atoms with van der Waals surface area (Å²) in [4.78, 5) is 2.27. The van der Waals surface area contributed by atoms with E-state index in [1.54, 1.807) is 0 Å². The van der Waals surface area contributed by atoms with Crippen molar-refractivity contribution in [2.24, 2.45) is 0 Å². The molecule has 1 heterocycles. The molecular weight excluding hydrogens is 250 g/mol. The Morgan fingerprint density at radius 2 is 2.05 bits per heavy atom. The van der Waals surface area contributed by atoms with E-state index in [9.17, 15) is 5.26 Å². The van der Waals surface area contributed by atoms with Crippen molar-refractivity contribution < 1.29 is 4.74 Å². The van der Waals surface area contributed by atoms with Gasteiger partial charge in [0.2, 0.25) is 0 Å². The quantitative estimate of drug-likeness (QED) is 0.914. The number of benzene rings is 1. The maximum absolute atomic E-state index is 9.41. The molecule has 0 spiro atoms. The summed E-state index contributed by atoms with van der Waals surface area (Å²) in [5.41, 5.74) is 2.86. The van der Waals surface area contributed by atoms with Gasteiger partial charge in [-0.1, -0.05) is 6.92 Å². The Morgan fingerprint density at radius 1 is 1.35 bits per heavy atom. The molecule has 1 aromatic rings. The van der Waals surface area contributed by atoms with E-state index < -0.39 is 0 Å². The summed E-state index contributed by atoms with van der Waals surface area (Å²) in [6.45, 7) is 9.93. The van der Waals surface area contributed by atoms with Crippen LogP contribution >= 0.6 is 0 Å². The molecule has 1 aliphatic heterocycles. The largest absolute Gasteiger partial charge is 0.491 e. The minimum atomic E-state index is 0.143. The van der Waals surface area contributed by atoms with E-state index in [-0.39, 0.29) is 6.10 Å². The summed E-state index contributed by atoms with van der Waals surface area (Å²) in [6, 6.07) is 6.36. The highest BCUT2D eigenvalue weighted by Crippen LogP contribution is 2.31. The van der Waals surface area contributed by atoms with Crippen LogP contribution in [0.3, 0.4) is 0 Å². The SMILES string of the molecule is CCc1cc(C#N)c(N2CCNCC2)cc1OC(C)C. The van der Waals surface area contributed by atoms with Gasteiger partial charge >= 0.3 is 0 Å². The summed E-state index contributed by atoms with van der Waals surface area (Å²) in [5, 5.41) is 12.7. The van der Waals surface area contributed by atoms with E-state index >= 15 is 0 Å². The first-order valence-corrected chi connectivity index (χ1v) is 7.35. The van der Waals surface area contributed by atoms with E-state index in [1.807, 2.05) is 26.0 Å². The van der Waals surface area contributed by atoms with Crippen LogP contribution in [0.1, 0.15) is 31.9 Å². The Hall–Kier alpha value is -1.73. The van der Waals surface area contributed by atoms with E-state index in [2.05, 4.69) is 23.2 Å². The van der Waals surface area contributed by atoms with Crippen LogP contribution in [-0.4, -0.2) is 32.3 Å². The van der Waals surface area contributed by atoms with Crippen molar-refractivity contribution in [3.05, 3.63) is 23.3 Å². The van der Waals surface area contributed by atoms with Crippen molar-refractivity contribution in [2.75, 3.05) is 31.1 Å². The van der Waals surface area contributed by atoms with Crippen LogP contribution in [0.5, 0.6) is 5.75 Å². The first-order chi connectivity index (χ1) is 9.65. The Balaban J connectivity index is 2.40. The lowest BCUT2D eigenvalue weighted by molar-refractivity contribution is 0.240. The molecule has 4 heteroatoms. The molecule has 0 amide bonds. The Bertz CT molecular complexity index is 499. The maximum Gasteiger partial charge on any atom is 0.125 e. The third-order valence-electron chi connectivity index (χ3n) is 3.50. The highest BCUT2D eigenvalue weighted by Gasteiger charge is 2.17. The second kappa shape index (κ2) is 6.62. The zero-order valence-electron chi connectivity index (χ0n) is 12.6. The fourth-order valence-corrected chi connectivity index (χ4v) is 2.51. The predicted octanol–water partition coefficient (Wildman–Crippen LogP) is 2.32. The number of rotatable bonds is 4. The van der Waals surface area contributed by atoms with E-state index in [1.165, 1.54) is 0 Å². The standard InChI is InChI=1S/C16H23N3O/c1-4-13-9-14(11-17)15(10-16(13)20-12(2)3)19-7-5-18-6-8-19/h9-10,12,18H,4-8H2,1-3H3. The first kappa shape index (κ1) is 14.7. The summed E-state index contributed by atoms with van der Waals surface area (Å²) in [6.07, 6.45) is 1.02. The number of hydrogen-bond donors (Lipinski definition) is 1. The highest BCUT2D eigenvalue weighted by molar-refractivity contribution is 5.64. The molecule has 0 unspecified atom stereocenters. The smallest absolute Gasteiger partial charge is 0.125 e. The molecule has 0 aliphatic carbocycles. The molecule has 0 saturated carbocycles. The average Bonchev–Trinajstić information content (AvgIpc) is 2.47. The fraction of sp³-hybridized carbons (Fsp3) is 0.562. The number of anilines is 1. The molecule has 1 aliphatic rings. The summed E-state index contributed by atoms with van der Waals surface area (Å²) in [7, 11) is 0. The van der Waals surface area contributed by atoms with Crippen molar-refractivity contribution in [1.29, 1.82) is 5.26 Å². The second-order valence-electron chi connectivity index (χ2n) is 5.35. The van der Waals surface area contributed by atoms with Crippen LogP contribution < -0.4 is 15.0 Å². The van der Waals surface area contributed by atoms with Gasteiger partial charge in [-0.15, -0.1) is 0 Å². The molecule has 1 N–H and O–H groups in total. The van der Waals surface area contributed by atoms with Gasteiger partial charge in [-0.3, -0.25) is 0 Å². The Morgan fingerprint density at radius 3 is 2.60 bits per heavy atom. The van der Waals surface area contributed by atoms with Crippen molar-refractivity contribution in [1.82, 2.24) is 5.32 Å². The number of hydrogen-bond acceptors (Lipinski definition) is 4. The second-order valence-corrected chi connectivity index (χ2v) is 5.35. The van der Waals surface area contributed by atoms with Gasteiger partial charge in [0.25, 0.3) is 0 Å². The van der Waals surface area contributed by atoms with Crippen molar-refractivity contribution in [2.45, 2.75) is 33.3 Å². The topological polar surface area (TPSA) is 48.3 Å². The minimum Gasteiger partial charge on any atom is -0.491 e. The predicted molar refractivity (Wildman–Crippen MR) is 81.4 cm³/mol. The molecular formula is C16H23N3O. The monoisotopic (exact) mass is 273 g/mol. The molecule has 0 bridgehead atoms. The van der Waals surface area contributed by atoms with Crippen LogP contribution in [0.4, 0.5) is 5.69 Å². The zero-order valence-corrected chi connectivity index (χ0v) is 12.6. The number of nitrogens with zero attached hydrogens (tertiary/aromatic N) is 2. The van der Waals surface area contributed by atoms with Crippen LogP contribution in [0.25, 0.3) is 0 Å². The van der Waals surface area contributed by atoms with Crippen LogP contribution in [0.2, 0.25) is 0 Å². The van der Waals surface area contributed by atoms with Gasteiger partial charge in [-0.25, -0.2) is 0 Å². The minimum absolute atomic E-state index is 0.143. The van der Waals surface area contributed by atoms with Crippen LogP contribution in [0, 0.1) is 11.3 Å². The van der Waals surface area contributed by atoms with Gasteiger partial charge in [0.15, 0.2) is 0 Å². The third-order valence-corrected chi connectivity index (χ3v) is 3.50. The van der Waals surface area contributed by atoms with Gasteiger partial charge < -0.3 is 15.0 Å². The van der Waals surface area contributed by atoms with E-state index in [4.69, 9.17) is 4.74 Å². The molecule has 1 aromatic carbocycles. The molecule has 1 saturated heterocycles. The van der Waals surface area contributed by atoms with Crippen molar-refractivity contribution >= 4 is 5.69 Å². The Kier molecular flexibility index (Phi) is 4.86. The molecule has 4 nitrogen and oxygen atoms in total. The molecule has 1 fully saturated rings. The summed E-state index contributed by atoms with van der Waals surface area (Å²) in [5.74, 6) is 0.912. The molecule has 108 valence electrons. The number of nitrogens with one attached hydrogen (secondary N) is 1. The van der Waals surface area contributed by atoms with E-state index in [0.717, 1.165) is 55.2 Å². The number of piperazine rings is 1. The third kappa shape index (κ3) is 3.23. The van der Waals surface area contributed by atoms with Gasteiger partial charge in [0.1, 0.15) is 11.8 Å². The van der Waals surface area contributed by atoms with Crippen molar-refractivity contribution in [3.8, 4) is 11.8 Å². The van der Waals surface area contributed by atoms with Gasteiger partial charge in [0.05, 0.1) is 17.4 Å². The lowest BCUT2D eigenvalue weighted by Gasteiger charge is -2.31. The zero-order chi connectivity index (χ0) is 14.5. The van der Waals surface area contributed by atoms with Gasteiger partial charge in [-0.05, 0) is 31.9 Å². The van der Waals surface area contributed by atoms with Crippen LogP contribution in [-0.2, 0) is 6.42 Å². The molecule has 0 atom stereocenters. The normalized spacial score (nSPS) is 15.2. The molecule has 2 rings (SSSR count). The number of nitriles is 1. The maximum atomic E-state index is 9.41. The average molecular weight is 273 g/mol. The van der Waals surface area contributed by atoms with Crippen LogP contribution in [0.15, 0.2) is 12.1 Å². The summed E-state index contributed by atoms with van der Waals surface area (Å²) < 4.78 is 5.92. The lowest BCUT2D eigenvalue weighted by Crippen LogP contribution is -2.43. The van der Waals surface area contributed by atoms with Gasteiger partial charge in [0, 0.05) is 32.2 Å².